The maximum atomic E-state index is 11.6. The van der Waals surface area contributed by atoms with Crippen LogP contribution in [0.3, 0.4) is 0 Å². The second kappa shape index (κ2) is 4.44. The van der Waals surface area contributed by atoms with Crippen molar-refractivity contribution >= 4 is 15.9 Å². The highest BCUT2D eigenvalue weighted by Gasteiger charge is 2.24. The van der Waals surface area contributed by atoms with Crippen LogP contribution in [0.2, 0.25) is 0 Å². The number of nitrogens with zero attached hydrogens (tertiary/aromatic N) is 4. The van der Waals surface area contributed by atoms with Crippen LogP contribution < -0.4 is 4.72 Å². The lowest BCUT2D eigenvalue weighted by Crippen LogP contribution is -2.22. The standard InChI is InChI=1S/C8H9N5O5S/c1-9-19(16,17)8-11-10-7(12(8)2)5-3-4-6(18-5)13(14)15/h3-4,9H,1-2H3. The van der Waals surface area contributed by atoms with E-state index in [1.54, 1.807) is 0 Å². The van der Waals surface area contributed by atoms with Crippen LogP contribution in [-0.2, 0) is 17.1 Å². The summed E-state index contributed by atoms with van der Waals surface area (Å²) >= 11 is 0. The lowest BCUT2D eigenvalue weighted by Gasteiger charge is -2.01. The lowest BCUT2D eigenvalue weighted by atomic mass is 10.4. The van der Waals surface area contributed by atoms with E-state index in [2.05, 4.69) is 14.9 Å². The number of aromatic nitrogens is 3. The predicted molar refractivity (Wildman–Crippen MR) is 61.6 cm³/mol. The molecule has 0 fully saturated rings. The van der Waals surface area contributed by atoms with Gasteiger partial charge in [-0.05, 0) is 13.1 Å². The summed E-state index contributed by atoms with van der Waals surface area (Å²) in [5, 5.41) is 17.4. The summed E-state index contributed by atoms with van der Waals surface area (Å²) in [6, 6.07) is 2.47. The van der Waals surface area contributed by atoms with Gasteiger partial charge in [0.25, 0.3) is 15.2 Å². The summed E-state index contributed by atoms with van der Waals surface area (Å²) in [5.41, 5.74) is 0. The van der Waals surface area contributed by atoms with Gasteiger partial charge in [-0.25, -0.2) is 13.1 Å². The third kappa shape index (κ3) is 2.20. The van der Waals surface area contributed by atoms with Crippen LogP contribution in [0.25, 0.3) is 11.6 Å². The molecule has 0 radical (unpaired) electrons. The molecule has 0 unspecified atom stereocenters. The van der Waals surface area contributed by atoms with Crippen molar-refractivity contribution in [3.63, 3.8) is 0 Å². The monoisotopic (exact) mass is 287 g/mol. The first kappa shape index (κ1) is 13.2. The molecule has 0 amide bonds. The molecule has 2 aromatic heterocycles. The number of rotatable bonds is 4. The Kier molecular flexibility index (Phi) is 3.08. The molecule has 19 heavy (non-hydrogen) atoms. The molecule has 102 valence electrons. The zero-order chi connectivity index (χ0) is 14.2. The first-order chi connectivity index (χ1) is 8.86. The van der Waals surface area contributed by atoms with Crippen molar-refractivity contribution < 1.29 is 17.8 Å². The van der Waals surface area contributed by atoms with E-state index in [4.69, 9.17) is 4.42 Å². The van der Waals surface area contributed by atoms with Crippen molar-refractivity contribution in [1.29, 1.82) is 0 Å². The van der Waals surface area contributed by atoms with Crippen molar-refractivity contribution in [2.24, 2.45) is 7.05 Å². The second-order valence-electron chi connectivity index (χ2n) is 3.47. The molecule has 0 aliphatic heterocycles. The molecular formula is C8H9N5O5S. The number of nitro groups is 1. The largest absolute Gasteiger partial charge is 0.433 e. The Morgan fingerprint density at radius 1 is 1.42 bits per heavy atom. The van der Waals surface area contributed by atoms with Gasteiger partial charge in [-0.1, -0.05) is 0 Å². The topological polar surface area (TPSA) is 133 Å². The fourth-order valence-corrected chi connectivity index (χ4v) is 2.18. The van der Waals surface area contributed by atoms with Crippen LogP contribution >= 0.6 is 0 Å². The summed E-state index contributed by atoms with van der Waals surface area (Å²) in [4.78, 5) is 9.80. The minimum absolute atomic E-state index is 0.0549. The van der Waals surface area contributed by atoms with Crippen LogP contribution in [0.4, 0.5) is 5.88 Å². The highest BCUT2D eigenvalue weighted by Crippen LogP contribution is 2.25. The molecule has 2 aromatic rings. The van der Waals surface area contributed by atoms with Gasteiger partial charge in [0.15, 0.2) is 5.76 Å². The van der Waals surface area contributed by atoms with E-state index in [0.717, 1.165) is 10.6 Å². The van der Waals surface area contributed by atoms with E-state index in [1.807, 2.05) is 0 Å². The van der Waals surface area contributed by atoms with Crippen molar-refractivity contribution in [1.82, 2.24) is 19.5 Å². The Hall–Kier alpha value is -2.27. The minimum Gasteiger partial charge on any atom is -0.397 e. The van der Waals surface area contributed by atoms with Crippen LogP contribution in [0.1, 0.15) is 0 Å². The van der Waals surface area contributed by atoms with E-state index in [0.29, 0.717) is 0 Å². The zero-order valence-corrected chi connectivity index (χ0v) is 10.7. The zero-order valence-electron chi connectivity index (χ0n) is 9.89. The Balaban J connectivity index is 2.50. The molecule has 0 aliphatic carbocycles. The van der Waals surface area contributed by atoms with E-state index in [-0.39, 0.29) is 16.7 Å². The van der Waals surface area contributed by atoms with Gasteiger partial charge < -0.3 is 4.42 Å². The molecule has 0 saturated heterocycles. The van der Waals surface area contributed by atoms with Gasteiger partial charge in [-0.15, -0.1) is 10.2 Å². The van der Waals surface area contributed by atoms with Crippen molar-refractivity contribution in [2.75, 3.05) is 7.05 Å². The summed E-state index contributed by atoms with van der Waals surface area (Å²) in [5.74, 6) is -0.336. The van der Waals surface area contributed by atoms with Crippen LogP contribution in [-0.4, -0.2) is 35.2 Å². The molecule has 0 atom stereocenters. The molecular weight excluding hydrogens is 278 g/mol. The van der Waals surface area contributed by atoms with Gasteiger partial charge in [-0.3, -0.25) is 14.7 Å². The van der Waals surface area contributed by atoms with E-state index >= 15 is 0 Å². The van der Waals surface area contributed by atoms with Gasteiger partial charge in [0.2, 0.25) is 5.82 Å². The van der Waals surface area contributed by atoms with Crippen LogP contribution in [0.5, 0.6) is 0 Å². The highest BCUT2D eigenvalue weighted by molar-refractivity contribution is 7.89. The molecule has 2 rings (SSSR count). The molecule has 11 heteroatoms. The van der Waals surface area contributed by atoms with Gasteiger partial charge in [-0.2, -0.15) is 0 Å². The maximum absolute atomic E-state index is 11.6. The molecule has 1 N–H and O–H groups in total. The Bertz CT molecular complexity index is 731. The molecule has 0 spiro atoms. The van der Waals surface area contributed by atoms with Gasteiger partial charge in [0, 0.05) is 7.05 Å². The number of sulfonamides is 1. The summed E-state index contributed by atoms with van der Waals surface area (Å²) in [7, 11) is -1.11. The minimum atomic E-state index is -3.76. The fourth-order valence-electron chi connectivity index (χ4n) is 1.40. The summed E-state index contributed by atoms with van der Waals surface area (Å²) in [6.45, 7) is 0. The van der Waals surface area contributed by atoms with Gasteiger partial charge in [0.05, 0.1) is 6.07 Å². The molecule has 0 saturated carbocycles. The van der Waals surface area contributed by atoms with Crippen LogP contribution in [0.15, 0.2) is 21.7 Å². The predicted octanol–water partition coefficient (Wildman–Crippen LogP) is -0.109. The van der Waals surface area contributed by atoms with E-state index in [9.17, 15) is 18.5 Å². The summed E-state index contributed by atoms with van der Waals surface area (Å²) < 4.78 is 31.4. The molecule has 10 nitrogen and oxygen atoms in total. The van der Waals surface area contributed by atoms with Crippen molar-refractivity contribution in [3.05, 3.63) is 22.2 Å². The maximum Gasteiger partial charge on any atom is 0.433 e. The average Bonchev–Trinajstić information content (AvgIpc) is 2.95. The van der Waals surface area contributed by atoms with E-state index in [1.165, 1.54) is 20.2 Å². The van der Waals surface area contributed by atoms with Crippen molar-refractivity contribution in [2.45, 2.75) is 5.16 Å². The number of hydrogen-bond donors (Lipinski definition) is 1. The Morgan fingerprint density at radius 2 is 2.11 bits per heavy atom. The Morgan fingerprint density at radius 3 is 2.63 bits per heavy atom. The SMILES string of the molecule is CNS(=O)(=O)c1nnc(-c2ccc([N+](=O)[O-])o2)n1C. The molecule has 0 bridgehead atoms. The van der Waals surface area contributed by atoms with E-state index < -0.39 is 20.8 Å². The smallest absolute Gasteiger partial charge is 0.397 e. The third-order valence-corrected chi connectivity index (χ3v) is 3.71. The van der Waals surface area contributed by atoms with Crippen LogP contribution in [0, 0.1) is 10.1 Å². The van der Waals surface area contributed by atoms with Gasteiger partial charge in [0.1, 0.15) is 4.92 Å². The quantitative estimate of drug-likeness (QED) is 0.612. The first-order valence-corrected chi connectivity index (χ1v) is 6.42. The summed E-state index contributed by atoms with van der Waals surface area (Å²) in [6.07, 6.45) is 0. The Labute approximate surface area is 107 Å². The van der Waals surface area contributed by atoms with Gasteiger partial charge >= 0.3 is 5.88 Å². The molecule has 0 aliphatic rings. The first-order valence-electron chi connectivity index (χ1n) is 4.94. The number of hydrogen-bond acceptors (Lipinski definition) is 7. The highest BCUT2D eigenvalue weighted by atomic mass is 32.2. The van der Waals surface area contributed by atoms with Crippen molar-refractivity contribution in [3.8, 4) is 11.6 Å². The molecule has 2 heterocycles. The fraction of sp³-hybridized carbons (Fsp3) is 0.250. The number of furan rings is 1. The lowest BCUT2D eigenvalue weighted by molar-refractivity contribution is -0.401. The normalized spacial score (nSPS) is 11.7. The second-order valence-corrected chi connectivity index (χ2v) is 5.25. The average molecular weight is 287 g/mol. The third-order valence-electron chi connectivity index (χ3n) is 2.34. The molecule has 0 aromatic carbocycles. The number of nitrogens with one attached hydrogen (secondary N) is 1.